The first-order chi connectivity index (χ1) is 10.3. The lowest BCUT2D eigenvalue weighted by Crippen LogP contribution is -2.13. The first kappa shape index (κ1) is 13.6. The molecule has 21 heavy (non-hydrogen) atoms. The van der Waals surface area contributed by atoms with Crippen LogP contribution >= 0.6 is 0 Å². The van der Waals surface area contributed by atoms with Crippen molar-refractivity contribution in [3.63, 3.8) is 0 Å². The molecular formula is C18H18N2O. The molecule has 0 saturated heterocycles. The van der Waals surface area contributed by atoms with E-state index in [1.807, 2.05) is 30.3 Å². The van der Waals surface area contributed by atoms with Gasteiger partial charge in [0, 0.05) is 17.6 Å². The van der Waals surface area contributed by atoms with Gasteiger partial charge >= 0.3 is 0 Å². The van der Waals surface area contributed by atoms with Crippen molar-refractivity contribution in [1.29, 1.82) is 0 Å². The van der Waals surface area contributed by atoms with Crippen molar-refractivity contribution in [2.24, 2.45) is 5.73 Å². The van der Waals surface area contributed by atoms with Crippen LogP contribution in [-0.2, 0) is 6.42 Å². The number of pyridine rings is 1. The van der Waals surface area contributed by atoms with Crippen LogP contribution in [0.1, 0.15) is 17.2 Å². The lowest BCUT2D eigenvalue weighted by molar-refractivity contribution is 0.408. The molecule has 0 fully saturated rings. The van der Waals surface area contributed by atoms with Crippen molar-refractivity contribution in [1.82, 2.24) is 4.98 Å². The Labute approximate surface area is 124 Å². The predicted molar refractivity (Wildman–Crippen MR) is 85.4 cm³/mol. The Hall–Kier alpha value is -2.39. The van der Waals surface area contributed by atoms with E-state index < -0.39 is 0 Å². The third-order valence-electron chi connectivity index (χ3n) is 3.69. The number of para-hydroxylation sites is 1. The van der Waals surface area contributed by atoms with Gasteiger partial charge in [0.2, 0.25) is 0 Å². The Kier molecular flexibility index (Phi) is 3.84. The Balaban J connectivity index is 1.88. The van der Waals surface area contributed by atoms with Crippen LogP contribution in [-0.4, -0.2) is 12.1 Å². The van der Waals surface area contributed by atoms with Crippen molar-refractivity contribution in [2.75, 3.05) is 7.11 Å². The van der Waals surface area contributed by atoms with Crippen LogP contribution in [0, 0.1) is 0 Å². The summed E-state index contributed by atoms with van der Waals surface area (Å²) in [5, 5.41) is 1.12. The molecule has 0 aliphatic carbocycles. The Morgan fingerprint density at radius 1 is 1.10 bits per heavy atom. The summed E-state index contributed by atoms with van der Waals surface area (Å²) in [4.78, 5) is 4.33. The van der Waals surface area contributed by atoms with Gasteiger partial charge in [0.05, 0.1) is 12.6 Å². The fourth-order valence-corrected chi connectivity index (χ4v) is 2.55. The fraction of sp³-hybridized carbons (Fsp3) is 0.167. The fourth-order valence-electron chi connectivity index (χ4n) is 2.55. The maximum Gasteiger partial charge on any atom is 0.122 e. The van der Waals surface area contributed by atoms with Crippen molar-refractivity contribution in [3.8, 4) is 5.75 Å². The smallest absolute Gasteiger partial charge is 0.122 e. The number of hydrogen-bond donors (Lipinski definition) is 1. The van der Waals surface area contributed by atoms with Gasteiger partial charge in [0.25, 0.3) is 0 Å². The predicted octanol–water partition coefficient (Wildman–Crippen LogP) is 3.49. The molecular weight excluding hydrogens is 260 g/mol. The number of fused-ring (bicyclic) bond motifs is 1. The quantitative estimate of drug-likeness (QED) is 0.794. The monoisotopic (exact) mass is 278 g/mol. The average molecular weight is 278 g/mol. The van der Waals surface area contributed by atoms with Gasteiger partial charge in [-0.15, -0.1) is 0 Å². The SMILES string of the molecule is COc1ccccc1CC(N)c1ccc2ncccc2c1. The standard InChI is InChI=1S/C18H18N2O/c1-21-18-7-3-2-5-15(18)12-16(19)13-8-9-17-14(11-13)6-4-10-20-17/h2-11,16H,12,19H2,1H3. The minimum Gasteiger partial charge on any atom is -0.496 e. The maximum atomic E-state index is 6.37. The van der Waals surface area contributed by atoms with Crippen LogP contribution in [0.3, 0.4) is 0 Å². The number of benzene rings is 2. The summed E-state index contributed by atoms with van der Waals surface area (Å²) in [6.45, 7) is 0. The minimum atomic E-state index is -0.0640. The second-order valence-electron chi connectivity index (χ2n) is 5.08. The molecule has 3 rings (SSSR count). The third kappa shape index (κ3) is 2.88. The van der Waals surface area contributed by atoms with Crippen LogP contribution in [0.2, 0.25) is 0 Å². The van der Waals surface area contributed by atoms with Crippen molar-refractivity contribution in [3.05, 3.63) is 71.9 Å². The summed E-state index contributed by atoms with van der Waals surface area (Å²) in [7, 11) is 1.69. The molecule has 3 nitrogen and oxygen atoms in total. The van der Waals surface area contributed by atoms with E-state index in [9.17, 15) is 0 Å². The largest absolute Gasteiger partial charge is 0.496 e. The summed E-state index contributed by atoms with van der Waals surface area (Å²) in [6.07, 6.45) is 2.55. The van der Waals surface area contributed by atoms with Crippen LogP contribution in [0.5, 0.6) is 5.75 Å². The molecule has 106 valence electrons. The van der Waals surface area contributed by atoms with Gasteiger partial charge in [-0.05, 0) is 41.8 Å². The highest BCUT2D eigenvalue weighted by Gasteiger charge is 2.11. The zero-order valence-corrected chi connectivity index (χ0v) is 12.0. The summed E-state index contributed by atoms with van der Waals surface area (Å²) in [5.41, 5.74) is 9.59. The van der Waals surface area contributed by atoms with E-state index in [1.54, 1.807) is 13.3 Å². The summed E-state index contributed by atoms with van der Waals surface area (Å²) in [6, 6.07) is 18.1. The van der Waals surface area contributed by atoms with Gasteiger partial charge < -0.3 is 10.5 Å². The molecule has 3 aromatic rings. The molecule has 1 aromatic heterocycles. The van der Waals surface area contributed by atoms with Gasteiger partial charge in [0.1, 0.15) is 5.75 Å². The summed E-state index contributed by atoms with van der Waals surface area (Å²) >= 11 is 0. The van der Waals surface area contributed by atoms with Gasteiger partial charge in [-0.1, -0.05) is 30.3 Å². The highest BCUT2D eigenvalue weighted by molar-refractivity contribution is 5.79. The van der Waals surface area contributed by atoms with Crippen molar-refractivity contribution >= 4 is 10.9 Å². The molecule has 0 bridgehead atoms. The van der Waals surface area contributed by atoms with E-state index >= 15 is 0 Å². The molecule has 0 radical (unpaired) electrons. The molecule has 1 atom stereocenters. The highest BCUT2D eigenvalue weighted by Crippen LogP contribution is 2.25. The number of rotatable bonds is 4. The first-order valence-corrected chi connectivity index (χ1v) is 7.00. The molecule has 2 N–H and O–H groups in total. The topological polar surface area (TPSA) is 48.1 Å². The van der Waals surface area contributed by atoms with Crippen molar-refractivity contribution < 1.29 is 4.74 Å². The lowest BCUT2D eigenvalue weighted by atomic mass is 9.98. The highest BCUT2D eigenvalue weighted by atomic mass is 16.5. The molecule has 0 saturated carbocycles. The van der Waals surface area contributed by atoms with E-state index in [1.165, 1.54) is 0 Å². The molecule has 0 aliphatic heterocycles. The van der Waals surface area contributed by atoms with Crippen molar-refractivity contribution in [2.45, 2.75) is 12.5 Å². The lowest BCUT2D eigenvalue weighted by Gasteiger charge is -2.15. The van der Waals surface area contributed by atoms with Crippen LogP contribution in [0.15, 0.2) is 60.8 Å². The van der Waals surface area contributed by atoms with Gasteiger partial charge in [-0.25, -0.2) is 0 Å². The normalized spacial score (nSPS) is 12.3. The second-order valence-corrected chi connectivity index (χ2v) is 5.08. The number of nitrogens with two attached hydrogens (primary N) is 1. The van der Waals surface area contributed by atoms with Gasteiger partial charge in [0.15, 0.2) is 0 Å². The third-order valence-corrected chi connectivity index (χ3v) is 3.69. The summed E-state index contributed by atoms with van der Waals surface area (Å²) in [5.74, 6) is 0.885. The van der Waals surface area contributed by atoms with E-state index in [2.05, 4.69) is 29.2 Å². The molecule has 1 heterocycles. The number of ether oxygens (including phenoxy) is 1. The maximum absolute atomic E-state index is 6.37. The van der Waals surface area contributed by atoms with E-state index in [0.29, 0.717) is 0 Å². The zero-order valence-electron chi connectivity index (χ0n) is 12.0. The average Bonchev–Trinajstić information content (AvgIpc) is 2.55. The Morgan fingerprint density at radius 3 is 2.81 bits per heavy atom. The summed E-state index contributed by atoms with van der Waals surface area (Å²) < 4.78 is 5.39. The number of nitrogens with zero attached hydrogens (tertiary/aromatic N) is 1. The molecule has 1 unspecified atom stereocenters. The van der Waals surface area contributed by atoms with Gasteiger partial charge in [-0.2, -0.15) is 0 Å². The minimum absolute atomic E-state index is 0.0640. The van der Waals surface area contributed by atoms with E-state index in [0.717, 1.165) is 34.2 Å². The van der Waals surface area contributed by atoms with Crippen LogP contribution < -0.4 is 10.5 Å². The van der Waals surface area contributed by atoms with E-state index in [-0.39, 0.29) is 6.04 Å². The number of aromatic nitrogens is 1. The molecule has 0 amide bonds. The number of hydrogen-bond acceptors (Lipinski definition) is 3. The van der Waals surface area contributed by atoms with Crippen LogP contribution in [0.25, 0.3) is 10.9 Å². The Bertz CT molecular complexity index is 755. The van der Waals surface area contributed by atoms with Crippen LogP contribution in [0.4, 0.5) is 0 Å². The second kappa shape index (κ2) is 5.94. The molecule has 2 aromatic carbocycles. The Morgan fingerprint density at radius 2 is 1.95 bits per heavy atom. The first-order valence-electron chi connectivity index (χ1n) is 7.00. The zero-order chi connectivity index (χ0) is 14.7. The molecule has 0 spiro atoms. The number of methoxy groups -OCH3 is 1. The molecule has 0 aliphatic rings. The molecule has 3 heteroatoms. The van der Waals surface area contributed by atoms with E-state index in [4.69, 9.17) is 10.5 Å². The van der Waals surface area contributed by atoms with Gasteiger partial charge in [-0.3, -0.25) is 4.98 Å².